The maximum absolute atomic E-state index is 13.6. The van der Waals surface area contributed by atoms with Crippen molar-refractivity contribution in [2.45, 2.75) is 64.6 Å². The quantitative estimate of drug-likeness (QED) is 0.575. The number of carbonyl (C=O) groups excluding carboxylic acids is 2. The first kappa shape index (κ1) is 23.9. The summed E-state index contributed by atoms with van der Waals surface area (Å²) in [6, 6.07) is 14.7. The van der Waals surface area contributed by atoms with Crippen molar-refractivity contribution in [2.75, 3.05) is 27.2 Å². The molecule has 0 aliphatic heterocycles. The van der Waals surface area contributed by atoms with Crippen molar-refractivity contribution < 1.29 is 9.59 Å². The van der Waals surface area contributed by atoms with Crippen LogP contribution < -0.4 is 0 Å². The summed E-state index contributed by atoms with van der Waals surface area (Å²) >= 11 is 0. The van der Waals surface area contributed by atoms with Gasteiger partial charge >= 0.3 is 6.03 Å². The minimum absolute atomic E-state index is 0.0491. The molecule has 6 heteroatoms. The van der Waals surface area contributed by atoms with Crippen LogP contribution >= 0.6 is 0 Å². The van der Waals surface area contributed by atoms with Gasteiger partial charge in [-0.3, -0.25) is 4.79 Å². The van der Waals surface area contributed by atoms with E-state index >= 15 is 0 Å². The average molecular weight is 439 g/mol. The molecule has 1 saturated carbocycles. The van der Waals surface area contributed by atoms with Gasteiger partial charge in [0.1, 0.15) is 6.54 Å². The summed E-state index contributed by atoms with van der Waals surface area (Å²) in [5.41, 5.74) is 2.37. The van der Waals surface area contributed by atoms with E-state index in [0.717, 1.165) is 44.3 Å². The lowest BCUT2D eigenvalue weighted by molar-refractivity contribution is -0.135. The first-order valence-electron chi connectivity index (χ1n) is 11.9. The van der Waals surface area contributed by atoms with Gasteiger partial charge in [0.2, 0.25) is 5.91 Å². The number of amides is 3. The second-order valence-electron chi connectivity index (χ2n) is 9.03. The molecular formula is C26H38N4O2. The van der Waals surface area contributed by atoms with Gasteiger partial charge in [0.15, 0.2) is 0 Å². The van der Waals surface area contributed by atoms with Gasteiger partial charge in [-0.2, -0.15) is 0 Å². The first-order valence-corrected chi connectivity index (χ1v) is 11.9. The van der Waals surface area contributed by atoms with Crippen molar-refractivity contribution in [1.82, 2.24) is 19.3 Å². The molecule has 3 rings (SSSR count). The van der Waals surface area contributed by atoms with Gasteiger partial charge in [-0.1, -0.05) is 56.5 Å². The number of aromatic nitrogens is 1. The zero-order chi connectivity index (χ0) is 22.9. The van der Waals surface area contributed by atoms with Crippen LogP contribution in [-0.4, -0.2) is 64.4 Å². The third kappa shape index (κ3) is 6.38. The van der Waals surface area contributed by atoms with Crippen molar-refractivity contribution in [1.29, 1.82) is 0 Å². The molecule has 32 heavy (non-hydrogen) atoms. The summed E-state index contributed by atoms with van der Waals surface area (Å²) in [6.45, 7) is 4.14. The highest BCUT2D eigenvalue weighted by molar-refractivity contribution is 5.84. The van der Waals surface area contributed by atoms with Crippen molar-refractivity contribution in [3.63, 3.8) is 0 Å². The number of rotatable bonds is 9. The fourth-order valence-electron chi connectivity index (χ4n) is 4.56. The molecule has 174 valence electrons. The lowest BCUT2D eigenvalue weighted by atomic mass is 9.94. The number of hydrogen-bond donors (Lipinski definition) is 0. The molecule has 3 amide bonds. The Kier molecular flexibility index (Phi) is 8.77. The van der Waals surface area contributed by atoms with Crippen LogP contribution in [0, 0.1) is 0 Å². The van der Waals surface area contributed by atoms with Gasteiger partial charge in [-0.25, -0.2) is 4.79 Å². The maximum Gasteiger partial charge on any atom is 0.319 e. The van der Waals surface area contributed by atoms with E-state index in [9.17, 15) is 9.59 Å². The SMILES string of the molecule is CCCN(CC(=O)N(Cc1cccn1Cc1ccccc1)C1CCCCC1)C(=O)N(C)C. The Bertz CT molecular complexity index is 856. The van der Waals surface area contributed by atoms with Gasteiger partial charge in [0.05, 0.1) is 6.54 Å². The molecule has 0 spiro atoms. The van der Waals surface area contributed by atoms with Crippen molar-refractivity contribution >= 4 is 11.9 Å². The number of carbonyl (C=O) groups is 2. The smallest absolute Gasteiger partial charge is 0.319 e. The predicted molar refractivity (Wildman–Crippen MR) is 128 cm³/mol. The monoisotopic (exact) mass is 438 g/mol. The Morgan fingerprint density at radius 2 is 1.72 bits per heavy atom. The van der Waals surface area contributed by atoms with Crippen LogP contribution in [0.25, 0.3) is 0 Å². The zero-order valence-electron chi connectivity index (χ0n) is 19.9. The van der Waals surface area contributed by atoms with Gasteiger partial charge in [-0.15, -0.1) is 0 Å². The van der Waals surface area contributed by atoms with Gasteiger partial charge < -0.3 is 19.3 Å². The normalized spacial score (nSPS) is 14.2. The van der Waals surface area contributed by atoms with Crippen molar-refractivity contribution in [2.24, 2.45) is 0 Å². The number of nitrogens with zero attached hydrogens (tertiary/aromatic N) is 4. The van der Waals surface area contributed by atoms with Crippen molar-refractivity contribution in [3.8, 4) is 0 Å². The lowest BCUT2D eigenvalue weighted by Gasteiger charge is -2.36. The zero-order valence-corrected chi connectivity index (χ0v) is 19.9. The Labute approximate surface area is 192 Å². The first-order chi connectivity index (χ1) is 15.5. The molecule has 1 aliphatic carbocycles. The van der Waals surface area contributed by atoms with E-state index in [2.05, 4.69) is 47.2 Å². The molecule has 0 saturated heterocycles. The molecule has 6 nitrogen and oxygen atoms in total. The van der Waals surface area contributed by atoms with Gasteiger partial charge in [0, 0.05) is 45.1 Å². The molecule has 0 bridgehead atoms. The number of hydrogen-bond acceptors (Lipinski definition) is 2. The summed E-state index contributed by atoms with van der Waals surface area (Å²) in [4.78, 5) is 31.5. The third-order valence-corrected chi connectivity index (χ3v) is 6.26. The minimum atomic E-state index is -0.101. The average Bonchev–Trinajstić information content (AvgIpc) is 3.24. The summed E-state index contributed by atoms with van der Waals surface area (Å²) in [6.07, 6.45) is 8.57. The topological polar surface area (TPSA) is 48.8 Å². The van der Waals surface area contributed by atoms with Crippen LogP contribution in [0.15, 0.2) is 48.7 Å². The van der Waals surface area contributed by atoms with Gasteiger partial charge in [-0.05, 0) is 37.0 Å². The summed E-state index contributed by atoms with van der Waals surface area (Å²) < 4.78 is 2.23. The molecule has 1 aromatic carbocycles. The molecular weight excluding hydrogens is 400 g/mol. The number of urea groups is 1. The third-order valence-electron chi connectivity index (χ3n) is 6.26. The van der Waals surface area contributed by atoms with E-state index in [0.29, 0.717) is 13.1 Å². The summed E-state index contributed by atoms with van der Waals surface area (Å²) in [5.74, 6) is 0.0491. The lowest BCUT2D eigenvalue weighted by Crippen LogP contribution is -2.49. The molecule has 1 fully saturated rings. The maximum atomic E-state index is 13.6. The summed E-state index contributed by atoms with van der Waals surface area (Å²) in [5, 5.41) is 0. The van der Waals surface area contributed by atoms with E-state index < -0.39 is 0 Å². The second kappa shape index (κ2) is 11.7. The Balaban J connectivity index is 1.78. The molecule has 1 aliphatic rings. The highest BCUT2D eigenvalue weighted by Crippen LogP contribution is 2.25. The highest BCUT2D eigenvalue weighted by Gasteiger charge is 2.29. The van der Waals surface area contributed by atoms with Crippen molar-refractivity contribution in [3.05, 3.63) is 59.9 Å². The molecule has 0 N–H and O–H groups in total. The molecule has 1 heterocycles. The minimum Gasteiger partial charge on any atom is -0.345 e. The van der Waals surface area contributed by atoms with Crippen LogP contribution in [0.3, 0.4) is 0 Å². The molecule has 0 radical (unpaired) electrons. The molecule has 0 atom stereocenters. The van der Waals surface area contributed by atoms with Crippen LogP contribution in [0.2, 0.25) is 0 Å². The van der Waals surface area contributed by atoms with E-state index in [1.807, 2.05) is 17.9 Å². The molecule has 1 aromatic heterocycles. The summed E-state index contributed by atoms with van der Waals surface area (Å²) in [7, 11) is 3.48. The molecule has 2 aromatic rings. The Hall–Kier alpha value is -2.76. The largest absolute Gasteiger partial charge is 0.345 e. The van der Waals surface area contributed by atoms with Crippen LogP contribution in [0.5, 0.6) is 0 Å². The Morgan fingerprint density at radius 1 is 1.00 bits per heavy atom. The van der Waals surface area contributed by atoms with E-state index in [1.165, 1.54) is 12.0 Å². The predicted octanol–water partition coefficient (Wildman–Crippen LogP) is 4.59. The van der Waals surface area contributed by atoms with E-state index in [-0.39, 0.29) is 24.5 Å². The highest BCUT2D eigenvalue weighted by atomic mass is 16.2. The van der Waals surface area contributed by atoms with Crippen LogP contribution in [0.1, 0.15) is 56.7 Å². The second-order valence-corrected chi connectivity index (χ2v) is 9.03. The molecule has 0 unspecified atom stereocenters. The number of benzene rings is 1. The fraction of sp³-hybridized carbons (Fsp3) is 0.538. The van der Waals surface area contributed by atoms with Gasteiger partial charge in [0.25, 0.3) is 0 Å². The van der Waals surface area contributed by atoms with Crippen LogP contribution in [0.4, 0.5) is 4.79 Å². The van der Waals surface area contributed by atoms with Crippen LogP contribution in [-0.2, 0) is 17.9 Å². The van der Waals surface area contributed by atoms with E-state index in [1.54, 1.807) is 23.9 Å². The standard InChI is InChI=1S/C26H38N4O2/c1-4-17-29(26(32)27(2)3)21-25(31)30(23-14-9-6-10-15-23)20-24-16-11-18-28(24)19-22-12-7-5-8-13-22/h5,7-8,11-13,16,18,23H,4,6,9-10,14-15,17,19-21H2,1-3H3. The van der Waals surface area contributed by atoms with E-state index in [4.69, 9.17) is 0 Å². The fourth-order valence-corrected chi connectivity index (χ4v) is 4.56. The Morgan fingerprint density at radius 3 is 2.38 bits per heavy atom.